The van der Waals surface area contributed by atoms with E-state index in [1.807, 2.05) is 71.3 Å². The predicted molar refractivity (Wildman–Crippen MR) is 121 cm³/mol. The molecule has 0 aliphatic rings. The van der Waals surface area contributed by atoms with Crippen LogP contribution in [0.4, 0.5) is 0 Å². The highest BCUT2D eigenvalue weighted by Crippen LogP contribution is 2.24. The van der Waals surface area contributed by atoms with Crippen LogP contribution in [0.5, 0.6) is 0 Å². The van der Waals surface area contributed by atoms with Crippen molar-refractivity contribution in [3.8, 4) is 11.1 Å². The van der Waals surface area contributed by atoms with E-state index >= 15 is 0 Å². The Morgan fingerprint density at radius 3 is 2.23 bits per heavy atom. The Hall–Kier alpha value is -4.38. The summed E-state index contributed by atoms with van der Waals surface area (Å²) in [6.07, 6.45) is 1.97. The van der Waals surface area contributed by atoms with Crippen LogP contribution in [-0.2, 0) is 0 Å². The second-order valence-corrected chi connectivity index (χ2v) is 7.39. The lowest BCUT2D eigenvalue weighted by Gasteiger charge is -2.04. The molecule has 0 saturated carbocycles. The molecule has 5 nitrogen and oxygen atoms in total. The normalized spacial score (nSPS) is 11.4. The van der Waals surface area contributed by atoms with Crippen molar-refractivity contribution in [3.05, 3.63) is 108 Å². The maximum Gasteiger partial charge on any atom is 0.198 e. The fraction of sp³-hybridized carbons (Fsp3) is 0. The Morgan fingerprint density at radius 2 is 1.42 bits per heavy atom. The van der Waals surface area contributed by atoms with Crippen LogP contribution in [0.3, 0.4) is 0 Å². The smallest absolute Gasteiger partial charge is 0.198 e. The van der Waals surface area contributed by atoms with Crippen molar-refractivity contribution in [1.29, 1.82) is 0 Å². The largest absolute Gasteiger partial charge is 0.289 e. The topological polar surface area (TPSA) is 60.2 Å². The summed E-state index contributed by atoms with van der Waals surface area (Å²) in [4.78, 5) is 27.0. The van der Waals surface area contributed by atoms with Gasteiger partial charge in [0.05, 0.1) is 11.0 Å². The molecule has 0 bridgehead atoms. The van der Waals surface area contributed by atoms with Gasteiger partial charge in [-0.25, -0.2) is 15.0 Å². The van der Waals surface area contributed by atoms with Crippen molar-refractivity contribution in [2.75, 3.05) is 0 Å². The first-order valence-corrected chi connectivity index (χ1v) is 10.0. The van der Waals surface area contributed by atoms with Crippen LogP contribution in [0.1, 0.15) is 15.9 Å². The average Bonchev–Trinajstić information content (AvgIpc) is 3.19. The summed E-state index contributed by atoms with van der Waals surface area (Å²) in [5.41, 5.74) is 6.88. The molecule has 0 N–H and O–H groups in total. The quantitative estimate of drug-likeness (QED) is 0.377. The van der Waals surface area contributed by atoms with Crippen LogP contribution < -0.4 is 0 Å². The fourth-order valence-corrected chi connectivity index (χ4v) is 3.84. The van der Waals surface area contributed by atoms with Gasteiger partial charge in [0.15, 0.2) is 17.1 Å². The lowest BCUT2D eigenvalue weighted by Crippen LogP contribution is -2.01. The van der Waals surface area contributed by atoms with Crippen molar-refractivity contribution >= 4 is 33.8 Å². The summed E-state index contributed by atoms with van der Waals surface area (Å²) in [5.74, 6) is -0.0353. The number of hydrogen-bond donors (Lipinski definition) is 0. The van der Waals surface area contributed by atoms with E-state index in [4.69, 9.17) is 9.97 Å². The molecule has 6 aromatic rings. The van der Waals surface area contributed by atoms with Gasteiger partial charge >= 0.3 is 0 Å². The van der Waals surface area contributed by atoms with Crippen LogP contribution in [0.15, 0.2) is 97.2 Å². The highest BCUT2D eigenvalue weighted by atomic mass is 16.1. The Bertz CT molecular complexity index is 1590. The minimum atomic E-state index is -0.0353. The molecule has 31 heavy (non-hydrogen) atoms. The molecule has 5 heteroatoms. The molecule has 0 aliphatic carbocycles. The summed E-state index contributed by atoms with van der Waals surface area (Å²) in [7, 11) is 0. The number of ketones is 1. The van der Waals surface area contributed by atoms with Gasteiger partial charge in [-0.05, 0) is 41.5 Å². The van der Waals surface area contributed by atoms with Crippen molar-refractivity contribution < 1.29 is 4.79 Å². The van der Waals surface area contributed by atoms with E-state index < -0.39 is 0 Å². The van der Waals surface area contributed by atoms with Crippen LogP contribution >= 0.6 is 0 Å². The molecule has 0 unspecified atom stereocenters. The van der Waals surface area contributed by atoms with Crippen molar-refractivity contribution in [2.45, 2.75) is 0 Å². The van der Waals surface area contributed by atoms with Crippen LogP contribution in [0, 0.1) is 0 Å². The van der Waals surface area contributed by atoms with Gasteiger partial charge in [0.25, 0.3) is 0 Å². The third-order valence-corrected chi connectivity index (χ3v) is 5.42. The number of nitrogens with zero attached hydrogens (tertiary/aromatic N) is 4. The molecule has 0 aliphatic heterocycles. The number of carbonyl (C=O) groups excluding carboxylic acids is 1. The molecule has 0 amide bonds. The van der Waals surface area contributed by atoms with E-state index in [1.165, 1.54) is 0 Å². The summed E-state index contributed by atoms with van der Waals surface area (Å²) in [6.45, 7) is 0. The minimum Gasteiger partial charge on any atom is -0.289 e. The Labute approximate surface area is 177 Å². The number of benzene rings is 3. The first kappa shape index (κ1) is 17.5. The van der Waals surface area contributed by atoms with E-state index in [2.05, 4.69) is 23.2 Å². The number of pyridine rings is 1. The molecule has 0 atom stereocenters. The Kier molecular flexibility index (Phi) is 3.86. The standard InChI is InChI=1S/C26H16N4O/c31-24(18-9-5-2-6-10-18)20-11-12-21-22(15-20)27-25-26(28-21)30-14-13-19(16-23(30)29-25)17-7-3-1-4-8-17/h1-16H. The van der Waals surface area contributed by atoms with E-state index in [0.29, 0.717) is 27.9 Å². The average molecular weight is 400 g/mol. The zero-order valence-corrected chi connectivity index (χ0v) is 16.4. The maximum atomic E-state index is 12.8. The fourth-order valence-electron chi connectivity index (χ4n) is 3.84. The Morgan fingerprint density at radius 1 is 0.645 bits per heavy atom. The third kappa shape index (κ3) is 2.95. The number of rotatable bonds is 3. The first-order valence-electron chi connectivity index (χ1n) is 10.0. The first-order chi connectivity index (χ1) is 15.3. The number of imidazole rings is 1. The molecule has 3 heterocycles. The van der Waals surface area contributed by atoms with Crippen LogP contribution in [-0.4, -0.2) is 25.1 Å². The molecule has 0 radical (unpaired) electrons. The molecule has 0 saturated heterocycles. The van der Waals surface area contributed by atoms with E-state index in [-0.39, 0.29) is 5.78 Å². The zero-order chi connectivity index (χ0) is 20.8. The second-order valence-electron chi connectivity index (χ2n) is 7.39. The van der Waals surface area contributed by atoms with Gasteiger partial charge in [-0.1, -0.05) is 60.7 Å². The van der Waals surface area contributed by atoms with Crippen LogP contribution in [0.25, 0.3) is 39.1 Å². The lowest BCUT2D eigenvalue weighted by atomic mass is 10.0. The van der Waals surface area contributed by atoms with Crippen molar-refractivity contribution in [1.82, 2.24) is 19.4 Å². The summed E-state index contributed by atoms with van der Waals surface area (Å²) >= 11 is 0. The summed E-state index contributed by atoms with van der Waals surface area (Å²) in [5, 5.41) is 0. The minimum absolute atomic E-state index is 0.0353. The predicted octanol–water partition coefficient (Wildman–Crippen LogP) is 5.33. The second kappa shape index (κ2) is 6.85. The van der Waals surface area contributed by atoms with Gasteiger partial charge < -0.3 is 0 Å². The van der Waals surface area contributed by atoms with E-state index in [9.17, 15) is 4.79 Å². The lowest BCUT2D eigenvalue weighted by molar-refractivity contribution is 0.103. The number of hydrogen-bond acceptors (Lipinski definition) is 4. The Balaban J connectivity index is 1.48. The SMILES string of the molecule is O=C(c1ccccc1)c1ccc2nc3c(nc2c1)nc1cc(-c2ccccc2)ccn13. The molecule has 3 aromatic heterocycles. The van der Waals surface area contributed by atoms with Gasteiger partial charge in [-0.3, -0.25) is 9.20 Å². The molecule has 0 spiro atoms. The number of aromatic nitrogens is 4. The number of fused-ring (bicyclic) bond motifs is 4. The van der Waals surface area contributed by atoms with Gasteiger partial charge in [0, 0.05) is 17.3 Å². The van der Waals surface area contributed by atoms with Gasteiger partial charge in [-0.15, -0.1) is 0 Å². The van der Waals surface area contributed by atoms with E-state index in [1.54, 1.807) is 12.1 Å². The molecular weight excluding hydrogens is 384 g/mol. The van der Waals surface area contributed by atoms with Gasteiger partial charge in [0.1, 0.15) is 5.65 Å². The molecule has 0 fully saturated rings. The molecule has 146 valence electrons. The third-order valence-electron chi connectivity index (χ3n) is 5.42. The molecule has 3 aromatic carbocycles. The monoisotopic (exact) mass is 400 g/mol. The summed E-state index contributed by atoms with van der Waals surface area (Å²) < 4.78 is 1.94. The van der Waals surface area contributed by atoms with E-state index in [0.717, 1.165) is 22.3 Å². The summed E-state index contributed by atoms with van der Waals surface area (Å²) in [6, 6.07) is 28.9. The molecule has 6 rings (SSSR count). The van der Waals surface area contributed by atoms with Crippen molar-refractivity contribution in [2.24, 2.45) is 0 Å². The maximum absolute atomic E-state index is 12.8. The highest BCUT2D eigenvalue weighted by Gasteiger charge is 2.13. The highest BCUT2D eigenvalue weighted by molar-refractivity contribution is 6.10. The van der Waals surface area contributed by atoms with Gasteiger partial charge in [-0.2, -0.15) is 0 Å². The zero-order valence-electron chi connectivity index (χ0n) is 16.4. The number of carbonyl (C=O) groups is 1. The van der Waals surface area contributed by atoms with Gasteiger partial charge in [0.2, 0.25) is 0 Å². The van der Waals surface area contributed by atoms with Crippen LogP contribution in [0.2, 0.25) is 0 Å². The van der Waals surface area contributed by atoms with Crippen molar-refractivity contribution in [3.63, 3.8) is 0 Å². The molecular formula is C26H16N4O.